The summed E-state index contributed by atoms with van der Waals surface area (Å²) in [6, 6.07) is 20.1. The minimum atomic E-state index is -0.869. The maximum absolute atomic E-state index is 10.9. The summed E-state index contributed by atoms with van der Waals surface area (Å²) in [4.78, 5) is 0. The summed E-state index contributed by atoms with van der Waals surface area (Å²) in [5.41, 5.74) is 4.03. The van der Waals surface area contributed by atoms with Gasteiger partial charge in [0.1, 0.15) is 5.69 Å². The normalized spacial score (nSPS) is 12.4. The zero-order valence-electron chi connectivity index (χ0n) is 17.7. The molecule has 0 radical (unpaired) electrons. The van der Waals surface area contributed by atoms with Crippen LogP contribution in [0.4, 0.5) is 0 Å². The van der Waals surface area contributed by atoms with Gasteiger partial charge in [0, 0.05) is 5.02 Å². The summed E-state index contributed by atoms with van der Waals surface area (Å²) in [5, 5.41) is 29.6. The molecule has 2 N–H and O–H groups in total. The summed E-state index contributed by atoms with van der Waals surface area (Å²) in [5.74, 6) is 0. The van der Waals surface area contributed by atoms with Gasteiger partial charge in [0.15, 0.2) is 0 Å². The highest BCUT2D eigenvalue weighted by Crippen LogP contribution is 2.27. The van der Waals surface area contributed by atoms with Gasteiger partial charge in [-0.15, -0.1) is 5.10 Å². The Morgan fingerprint density at radius 1 is 0.882 bits per heavy atom. The largest absolute Gasteiger partial charge is 0.387 e. The van der Waals surface area contributed by atoms with Crippen molar-refractivity contribution in [1.82, 2.24) is 24.1 Å². The van der Waals surface area contributed by atoms with Crippen LogP contribution in [0, 0.1) is 5.41 Å². The van der Waals surface area contributed by atoms with Crippen molar-refractivity contribution in [3.8, 4) is 5.69 Å². The fourth-order valence-electron chi connectivity index (χ4n) is 3.92. The van der Waals surface area contributed by atoms with Crippen molar-refractivity contribution in [2.24, 2.45) is 0 Å². The molecule has 0 aliphatic heterocycles. The first-order valence-electron chi connectivity index (χ1n) is 10.4. The van der Waals surface area contributed by atoms with E-state index >= 15 is 0 Å². The van der Waals surface area contributed by atoms with Gasteiger partial charge in [-0.1, -0.05) is 64.3 Å². The Morgan fingerprint density at radius 2 is 1.65 bits per heavy atom. The van der Waals surface area contributed by atoms with Crippen LogP contribution in [-0.4, -0.2) is 29.2 Å². The molecule has 5 aromatic rings. The van der Waals surface area contributed by atoms with E-state index in [0.29, 0.717) is 32.9 Å². The lowest BCUT2D eigenvalue weighted by atomic mass is 10.1. The molecule has 0 spiro atoms. The molecule has 2 aromatic heterocycles. The van der Waals surface area contributed by atoms with Gasteiger partial charge in [0.2, 0.25) is 5.62 Å². The van der Waals surface area contributed by atoms with Crippen molar-refractivity contribution in [1.29, 1.82) is 5.41 Å². The van der Waals surface area contributed by atoms with Crippen LogP contribution in [0.2, 0.25) is 15.1 Å². The monoisotopic (exact) mass is 512 g/mol. The van der Waals surface area contributed by atoms with Crippen LogP contribution in [0.5, 0.6) is 0 Å². The number of nitrogens with one attached hydrogen (secondary N) is 1. The van der Waals surface area contributed by atoms with Crippen molar-refractivity contribution < 1.29 is 5.11 Å². The Morgan fingerprint density at radius 3 is 2.38 bits per heavy atom. The minimum absolute atomic E-state index is 0.180. The SMILES string of the molecule is N=c1n(Cc2cn(-c3cccc(Cl)c3)nn2)c2ccccc2n1CC(O)c1ccc(Cl)c(Cl)c1. The van der Waals surface area contributed by atoms with Gasteiger partial charge in [-0.2, -0.15) is 0 Å². The number of halogens is 3. The number of benzene rings is 3. The van der Waals surface area contributed by atoms with Crippen LogP contribution in [0.1, 0.15) is 17.4 Å². The van der Waals surface area contributed by atoms with Crippen LogP contribution in [0.25, 0.3) is 16.7 Å². The summed E-state index contributed by atoms with van der Waals surface area (Å²) in [7, 11) is 0. The van der Waals surface area contributed by atoms with Gasteiger partial charge in [-0.05, 0) is 48.0 Å². The maximum atomic E-state index is 10.9. The number of aromatic nitrogens is 5. The molecule has 0 saturated heterocycles. The lowest BCUT2D eigenvalue weighted by molar-refractivity contribution is 0.155. The first-order valence-corrected chi connectivity index (χ1v) is 11.6. The van der Waals surface area contributed by atoms with E-state index < -0.39 is 6.10 Å². The Hall–Kier alpha value is -3.10. The second-order valence-corrected chi connectivity index (χ2v) is 9.08. The number of hydrogen-bond acceptors (Lipinski definition) is 4. The third-order valence-corrected chi connectivity index (χ3v) is 6.57. The van der Waals surface area contributed by atoms with Gasteiger partial charge in [0.05, 0.1) is 52.2 Å². The van der Waals surface area contributed by atoms with Crippen molar-refractivity contribution in [2.75, 3.05) is 0 Å². The first-order chi connectivity index (χ1) is 16.4. The standard InChI is InChI=1S/C24H19Cl3N6O/c25-16-4-3-5-18(11-16)33-13-17(29-30-33)12-31-21-6-1-2-7-22(21)32(24(31)28)14-23(34)15-8-9-19(26)20(27)10-15/h1-11,13,23,28,34H,12,14H2. The predicted molar refractivity (Wildman–Crippen MR) is 133 cm³/mol. The molecule has 1 unspecified atom stereocenters. The molecule has 0 bridgehead atoms. The third-order valence-electron chi connectivity index (χ3n) is 5.59. The quantitative estimate of drug-likeness (QED) is 0.325. The van der Waals surface area contributed by atoms with Crippen LogP contribution in [0.3, 0.4) is 0 Å². The fraction of sp³-hybridized carbons (Fsp3) is 0.125. The predicted octanol–water partition coefficient (Wildman–Crippen LogP) is 5.25. The number of nitrogens with zero attached hydrogens (tertiary/aromatic N) is 5. The number of fused-ring (bicyclic) bond motifs is 1. The van der Waals surface area contributed by atoms with Gasteiger partial charge < -0.3 is 14.2 Å². The van der Waals surface area contributed by atoms with Crippen LogP contribution < -0.4 is 5.62 Å². The molecule has 7 nitrogen and oxygen atoms in total. The summed E-state index contributed by atoms with van der Waals surface area (Å²) < 4.78 is 5.26. The molecule has 0 saturated carbocycles. The van der Waals surface area contributed by atoms with Gasteiger partial charge in [-0.25, -0.2) is 4.68 Å². The van der Waals surface area contributed by atoms with E-state index in [1.165, 1.54) is 0 Å². The number of hydrogen-bond donors (Lipinski definition) is 2. The molecular formula is C24H19Cl3N6O. The van der Waals surface area contributed by atoms with Crippen molar-refractivity contribution in [3.05, 3.63) is 105 Å². The number of rotatable bonds is 6. The molecule has 5 rings (SSSR count). The van der Waals surface area contributed by atoms with E-state index in [0.717, 1.165) is 16.7 Å². The molecule has 34 heavy (non-hydrogen) atoms. The van der Waals surface area contributed by atoms with Crippen molar-refractivity contribution in [3.63, 3.8) is 0 Å². The molecule has 172 valence electrons. The second kappa shape index (κ2) is 9.27. The van der Waals surface area contributed by atoms with Crippen LogP contribution >= 0.6 is 34.8 Å². The number of aliphatic hydroxyl groups excluding tert-OH is 1. The number of aliphatic hydroxyl groups is 1. The molecule has 0 aliphatic rings. The Labute approximate surface area is 209 Å². The highest BCUT2D eigenvalue weighted by atomic mass is 35.5. The van der Waals surface area contributed by atoms with Crippen LogP contribution in [-0.2, 0) is 13.1 Å². The molecule has 0 fully saturated rings. The molecule has 0 amide bonds. The van der Waals surface area contributed by atoms with E-state index in [1.807, 2.05) is 47.2 Å². The summed E-state index contributed by atoms with van der Waals surface area (Å²) in [6.07, 6.45) is 0.946. The summed E-state index contributed by atoms with van der Waals surface area (Å²) >= 11 is 18.2. The Bertz CT molecular complexity index is 1550. The maximum Gasteiger partial charge on any atom is 0.203 e. The zero-order valence-corrected chi connectivity index (χ0v) is 20.0. The van der Waals surface area contributed by atoms with Crippen molar-refractivity contribution >= 4 is 45.8 Å². The zero-order chi connectivity index (χ0) is 23.8. The van der Waals surface area contributed by atoms with E-state index in [2.05, 4.69) is 10.3 Å². The highest BCUT2D eigenvalue weighted by molar-refractivity contribution is 6.42. The second-order valence-electron chi connectivity index (χ2n) is 7.83. The lowest BCUT2D eigenvalue weighted by Crippen LogP contribution is -2.27. The van der Waals surface area contributed by atoms with E-state index in [4.69, 9.17) is 40.2 Å². The van der Waals surface area contributed by atoms with Gasteiger partial charge in [0.25, 0.3) is 0 Å². The fourth-order valence-corrected chi connectivity index (χ4v) is 4.41. The molecule has 2 heterocycles. The van der Waals surface area contributed by atoms with E-state index in [9.17, 15) is 5.11 Å². The van der Waals surface area contributed by atoms with Crippen LogP contribution in [0.15, 0.2) is 72.9 Å². The topological polar surface area (TPSA) is 84.7 Å². The summed E-state index contributed by atoms with van der Waals surface area (Å²) in [6.45, 7) is 0.523. The van der Waals surface area contributed by atoms with Crippen molar-refractivity contribution in [2.45, 2.75) is 19.2 Å². The van der Waals surface area contributed by atoms with E-state index in [1.54, 1.807) is 39.6 Å². The van der Waals surface area contributed by atoms with Gasteiger partial charge in [-0.3, -0.25) is 5.41 Å². The molecule has 3 aromatic carbocycles. The average Bonchev–Trinajstić information content (AvgIpc) is 3.40. The molecular weight excluding hydrogens is 495 g/mol. The number of para-hydroxylation sites is 2. The molecule has 0 aliphatic carbocycles. The lowest BCUT2D eigenvalue weighted by Gasteiger charge is -2.13. The smallest absolute Gasteiger partial charge is 0.203 e. The number of imidazole rings is 1. The first kappa shape index (κ1) is 22.7. The third kappa shape index (κ3) is 4.35. The molecule has 1 atom stereocenters. The average molecular weight is 514 g/mol. The molecule has 10 heteroatoms. The Kier molecular flexibility index (Phi) is 6.18. The highest BCUT2D eigenvalue weighted by Gasteiger charge is 2.17. The minimum Gasteiger partial charge on any atom is -0.387 e. The Balaban J connectivity index is 1.48. The van der Waals surface area contributed by atoms with Gasteiger partial charge >= 0.3 is 0 Å². The van der Waals surface area contributed by atoms with E-state index in [-0.39, 0.29) is 12.2 Å².